The van der Waals surface area contributed by atoms with Gasteiger partial charge < -0.3 is 4.74 Å². The van der Waals surface area contributed by atoms with Crippen LogP contribution in [0.5, 0.6) is 0 Å². The molecule has 1 aromatic heterocycles. The maximum atomic E-state index is 12.6. The summed E-state index contributed by atoms with van der Waals surface area (Å²) in [7, 11) is 0. The third-order valence-electron chi connectivity index (χ3n) is 4.32. The summed E-state index contributed by atoms with van der Waals surface area (Å²) >= 11 is 0. The molecule has 0 bridgehead atoms. The zero-order valence-corrected chi connectivity index (χ0v) is 10.8. The zero-order valence-electron chi connectivity index (χ0n) is 10.8. The Balaban J connectivity index is 2.16. The fourth-order valence-corrected chi connectivity index (χ4v) is 3.30. The van der Waals surface area contributed by atoms with Crippen molar-refractivity contribution in [2.24, 2.45) is 0 Å². The average molecular weight is 258 g/mol. The van der Waals surface area contributed by atoms with Gasteiger partial charge in [-0.1, -0.05) is 12.1 Å². The molecule has 3 atom stereocenters. The molecule has 0 spiro atoms. The number of aromatic nitrogens is 2. The Labute approximate surface area is 109 Å². The van der Waals surface area contributed by atoms with Crippen molar-refractivity contribution in [3.63, 3.8) is 0 Å². The van der Waals surface area contributed by atoms with Gasteiger partial charge in [0.15, 0.2) is 0 Å². The molecule has 1 aromatic carbocycles. The molecule has 0 N–H and O–H groups in total. The third kappa shape index (κ3) is 1.23. The minimum Gasteiger partial charge on any atom is -0.362 e. The van der Waals surface area contributed by atoms with Crippen molar-refractivity contribution in [2.45, 2.75) is 38.1 Å². The number of ether oxygens (including phenoxy) is 1. The van der Waals surface area contributed by atoms with Crippen molar-refractivity contribution in [1.82, 2.24) is 9.36 Å². The first-order valence-corrected chi connectivity index (χ1v) is 6.45. The Hall–Kier alpha value is -1.88. The average Bonchev–Trinajstić information content (AvgIpc) is 3.08. The van der Waals surface area contributed by atoms with Gasteiger partial charge >= 0.3 is 0 Å². The molecule has 1 saturated heterocycles. The molecule has 1 fully saturated rings. The van der Waals surface area contributed by atoms with Gasteiger partial charge in [-0.3, -0.25) is 9.59 Å². The summed E-state index contributed by atoms with van der Waals surface area (Å²) in [4.78, 5) is 25.1. The molecule has 5 nitrogen and oxygen atoms in total. The number of nitrogens with zero attached hydrogens (tertiary/aromatic N) is 2. The third-order valence-corrected chi connectivity index (χ3v) is 4.32. The van der Waals surface area contributed by atoms with Crippen LogP contribution in [0.1, 0.15) is 19.9 Å². The van der Waals surface area contributed by atoms with E-state index in [2.05, 4.69) is 0 Å². The molecule has 0 amide bonds. The van der Waals surface area contributed by atoms with Crippen LogP contribution in [0.15, 0.2) is 33.9 Å². The van der Waals surface area contributed by atoms with Crippen molar-refractivity contribution < 1.29 is 4.74 Å². The number of fused-ring (bicyclic) bond motifs is 3. The molecule has 5 heteroatoms. The highest BCUT2D eigenvalue weighted by atomic mass is 16.6. The second kappa shape index (κ2) is 3.17. The molecule has 0 aliphatic carbocycles. The normalized spacial score (nSPS) is 31.9. The lowest BCUT2D eigenvalue weighted by Crippen LogP contribution is -2.48. The van der Waals surface area contributed by atoms with E-state index in [1.807, 2.05) is 13.8 Å². The van der Waals surface area contributed by atoms with Crippen molar-refractivity contribution in [3.8, 4) is 0 Å². The Kier molecular flexibility index (Phi) is 1.83. The minimum atomic E-state index is -0.294. The molecule has 19 heavy (non-hydrogen) atoms. The summed E-state index contributed by atoms with van der Waals surface area (Å²) in [5.41, 5.74) is -0.518. The summed E-state index contributed by atoms with van der Waals surface area (Å²) in [5, 5.41) is 0.971. The highest BCUT2D eigenvalue weighted by Gasteiger charge is 2.59. The number of epoxide rings is 1. The van der Waals surface area contributed by atoms with Gasteiger partial charge in [0.25, 0.3) is 11.1 Å². The van der Waals surface area contributed by atoms with E-state index >= 15 is 0 Å². The Morgan fingerprint density at radius 1 is 1.21 bits per heavy atom. The summed E-state index contributed by atoms with van der Waals surface area (Å²) in [6.07, 6.45) is 0.0331. The van der Waals surface area contributed by atoms with Gasteiger partial charge in [0.2, 0.25) is 0 Å². The second-order valence-electron chi connectivity index (χ2n) is 5.65. The standard InChI is InChI=1S/C14H14N2O3/c1-8-11-14(2,19-11)7-15-12(17)9-5-3-4-6-10(9)13(18)16(8)15/h3-6,8,11H,7H2,1-2H3/t8-,11-,14-/m1/s1. The van der Waals surface area contributed by atoms with E-state index in [1.165, 1.54) is 0 Å². The highest BCUT2D eigenvalue weighted by Crippen LogP contribution is 2.46. The van der Waals surface area contributed by atoms with E-state index in [9.17, 15) is 9.59 Å². The molecule has 98 valence electrons. The lowest BCUT2D eigenvalue weighted by Gasteiger charge is -2.27. The van der Waals surface area contributed by atoms with Crippen molar-refractivity contribution in [3.05, 3.63) is 45.0 Å². The topological polar surface area (TPSA) is 56.5 Å². The van der Waals surface area contributed by atoms with Gasteiger partial charge in [-0.2, -0.15) is 0 Å². The Morgan fingerprint density at radius 2 is 1.84 bits per heavy atom. The molecular weight excluding hydrogens is 244 g/mol. The summed E-state index contributed by atoms with van der Waals surface area (Å²) in [5.74, 6) is 0. The molecule has 3 heterocycles. The number of benzene rings is 1. The van der Waals surface area contributed by atoms with Gasteiger partial charge in [-0.15, -0.1) is 0 Å². The zero-order chi connectivity index (χ0) is 13.4. The lowest BCUT2D eigenvalue weighted by atomic mass is 10.0. The molecular formula is C14H14N2O3. The molecule has 0 saturated carbocycles. The van der Waals surface area contributed by atoms with Crippen LogP contribution in [0.2, 0.25) is 0 Å². The monoisotopic (exact) mass is 258 g/mol. The maximum Gasteiger partial charge on any atom is 0.273 e. The van der Waals surface area contributed by atoms with E-state index in [0.29, 0.717) is 17.3 Å². The largest absolute Gasteiger partial charge is 0.362 e. The van der Waals surface area contributed by atoms with Crippen LogP contribution >= 0.6 is 0 Å². The van der Waals surface area contributed by atoms with Crippen LogP contribution in [-0.2, 0) is 11.3 Å². The van der Waals surface area contributed by atoms with Crippen LogP contribution in [0, 0.1) is 0 Å². The predicted molar refractivity (Wildman–Crippen MR) is 70.5 cm³/mol. The fraction of sp³-hybridized carbons (Fsp3) is 0.429. The van der Waals surface area contributed by atoms with Crippen molar-refractivity contribution in [1.29, 1.82) is 0 Å². The van der Waals surface area contributed by atoms with Crippen LogP contribution in [0.3, 0.4) is 0 Å². The van der Waals surface area contributed by atoms with Gasteiger partial charge in [0.1, 0.15) is 11.7 Å². The van der Waals surface area contributed by atoms with Crippen molar-refractivity contribution in [2.75, 3.05) is 0 Å². The van der Waals surface area contributed by atoms with Crippen LogP contribution < -0.4 is 11.1 Å². The number of hydrogen-bond donors (Lipinski definition) is 0. The van der Waals surface area contributed by atoms with Gasteiger partial charge in [-0.05, 0) is 26.0 Å². The first-order valence-electron chi connectivity index (χ1n) is 6.45. The maximum absolute atomic E-state index is 12.6. The molecule has 2 aliphatic rings. The number of hydrogen-bond acceptors (Lipinski definition) is 3. The summed E-state index contributed by atoms with van der Waals surface area (Å²) < 4.78 is 8.78. The van der Waals surface area contributed by atoms with E-state index in [0.717, 1.165) is 0 Å². The first kappa shape index (κ1) is 11.0. The fourth-order valence-electron chi connectivity index (χ4n) is 3.30. The highest BCUT2D eigenvalue weighted by molar-refractivity contribution is 5.80. The van der Waals surface area contributed by atoms with Crippen LogP contribution in [0.4, 0.5) is 0 Å². The lowest BCUT2D eigenvalue weighted by molar-refractivity contribution is 0.269. The van der Waals surface area contributed by atoms with Gasteiger partial charge in [0, 0.05) is 0 Å². The Bertz CT molecular complexity index is 820. The van der Waals surface area contributed by atoms with E-state index < -0.39 is 0 Å². The van der Waals surface area contributed by atoms with Gasteiger partial charge in [0.05, 0.1) is 23.4 Å². The van der Waals surface area contributed by atoms with Crippen molar-refractivity contribution >= 4 is 10.8 Å². The van der Waals surface area contributed by atoms with Crippen LogP contribution in [-0.4, -0.2) is 21.1 Å². The summed E-state index contributed by atoms with van der Waals surface area (Å²) in [6, 6.07) is 6.88. The summed E-state index contributed by atoms with van der Waals surface area (Å²) in [6.45, 7) is 4.37. The predicted octanol–water partition coefficient (Wildman–Crippen LogP) is 0.895. The van der Waals surface area contributed by atoms with E-state index in [4.69, 9.17) is 4.74 Å². The SMILES string of the molecule is C[C@@H]1[C@H]2O[C@]2(C)Cn2c(=O)c3ccccc3c(=O)n21. The molecule has 4 rings (SSSR count). The van der Waals surface area contributed by atoms with E-state index in [1.54, 1.807) is 33.6 Å². The smallest absolute Gasteiger partial charge is 0.273 e. The van der Waals surface area contributed by atoms with E-state index in [-0.39, 0.29) is 28.9 Å². The quantitative estimate of drug-likeness (QED) is 0.660. The first-order chi connectivity index (χ1) is 9.03. The van der Waals surface area contributed by atoms with Gasteiger partial charge in [-0.25, -0.2) is 9.36 Å². The minimum absolute atomic E-state index is 0.0331. The Morgan fingerprint density at radius 3 is 2.53 bits per heavy atom. The molecule has 0 unspecified atom stereocenters. The molecule has 2 aromatic rings. The second-order valence-corrected chi connectivity index (χ2v) is 5.65. The number of rotatable bonds is 0. The molecule has 0 radical (unpaired) electrons. The molecule has 2 aliphatic heterocycles. The van der Waals surface area contributed by atoms with Crippen LogP contribution in [0.25, 0.3) is 10.8 Å².